The Morgan fingerprint density at radius 2 is 1.79 bits per heavy atom. The monoisotopic (exact) mass is 285 g/mol. The molecule has 1 heterocycles. The fraction of sp³-hybridized carbons (Fsp3) is 0.100. The molecule has 1 aromatic rings. The van der Waals surface area contributed by atoms with Crippen molar-refractivity contribution in [1.29, 1.82) is 0 Å². The van der Waals surface area contributed by atoms with Gasteiger partial charge in [0.25, 0.3) is 21.9 Å². The Kier molecular flexibility index (Phi) is 2.87. The molecule has 0 saturated heterocycles. The second-order valence-electron chi connectivity index (χ2n) is 3.67. The van der Waals surface area contributed by atoms with Crippen molar-refractivity contribution in [3.05, 3.63) is 29.3 Å². The van der Waals surface area contributed by atoms with Crippen molar-refractivity contribution in [2.45, 2.75) is 11.8 Å². The highest BCUT2D eigenvalue weighted by Gasteiger charge is 2.39. The van der Waals surface area contributed by atoms with Crippen LogP contribution < -0.4 is 0 Å². The molecule has 2 rings (SSSR count). The number of nitrogens with zero attached hydrogens (tertiary/aromatic N) is 1. The number of fused-ring (bicyclic) bond motifs is 1. The van der Waals surface area contributed by atoms with E-state index in [4.69, 9.17) is 4.55 Å². The molecule has 0 spiro atoms. The first kappa shape index (κ1) is 13.2. The van der Waals surface area contributed by atoms with Gasteiger partial charge in [-0.3, -0.25) is 14.1 Å². The standard InChI is InChI=1S/C10H7NO7S/c1-5(12)18-11-9(13)7-3-2-6(19(15,16)17)4-8(7)10(11)14/h2-4H,1H3,(H,15,16,17). The predicted octanol–water partition coefficient (Wildman–Crippen LogP) is 0.00740. The topological polar surface area (TPSA) is 118 Å². The molecule has 0 radical (unpaired) electrons. The van der Waals surface area contributed by atoms with Gasteiger partial charge in [-0.15, -0.1) is 0 Å². The van der Waals surface area contributed by atoms with Gasteiger partial charge in [-0.25, -0.2) is 4.79 Å². The lowest BCUT2D eigenvalue weighted by atomic mass is 10.1. The van der Waals surface area contributed by atoms with E-state index in [0.717, 1.165) is 25.1 Å². The van der Waals surface area contributed by atoms with Gasteiger partial charge in [0, 0.05) is 6.92 Å². The first-order valence-corrected chi connectivity index (χ1v) is 6.34. The van der Waals surface area contributed by atoms with Gasteiger partial charge in [-0.05, 0) is 18.2 Å². The number of hydrogen-bond donors (Lipinski definition) is 1. The van der Waals surface area contributed by atoms with Gasteiger partial charge in [0.2, 0.25) is 0 Å². The Morgan fingerprint density at radius 3 is 2.32 bits per heavy atom. The SMILES string of the molecule is CC(=O)ON1C(=O)c2ccc(S(=O)(=O)O)cc2C1=O. The Hall–Kier alpha value is -2.26. The fourth-order valence-electron chi connectivity index (χ4n) is 1.57. The number of carbonyl (C=O) groups is 3. The summed E-state index contributed by atoms with van der Waals surface area (Å²) in [7, 11) is -4.50. The Morgan fingerprint density at radius 1 is 1.21 bits per heavy atom. The highest BCUT2D eigenvalue weighted by molar-refractivity contribution is 7.85. The molecule has 0 aliphatic carbocycles. The van der Waals surface area contributed by atoms with Crippen molar-refractivity contribution < 1.29 is 32.2 Å². The molecule has 0 saturated carbocycles. The van der Waals surface area contributed by atoms with Crippen molar-refractivity contribution in [3.8, 4) is 0 Å². The molecule has 0 atom stereocenters. The van der Waals surface area contributed by atoms with Crippen LogP contribution in [0.15, 0.2) is 23.1 Å². The molecular formula is C10H7NO7S. The largest absolute Gasteiger partial charge is 0.330 e. The van der Waals surface area contributed by atoms with Gasteiger partial charge in [0.1, 0.15) is 0 Å². The van der Waals surface area contributed by atoms with E-state index in [1.807, 2.05) is 0 Å². The van der Waals surface area contributed by atoms with Gasteiger partial charge in [0.15, 0.2) is 0 Å². The molecule has 0 unspecified atom stereocenters. The molecule has 1 aliphatic rings. The van der Waals surface area contributed by atoms with E-state index in [-0.39, 0.29) is 16.2 Å². The van der Waals surface area contributed by atoms with Crippen LogP contribution >= 0.6 is 0 Å². The molecule has 8 nitrogen and oxygen atoms in total. The zero-order chi connectivity index (χ0) is 14.4. The molecule has 1 aliphatic heterocycles. The number of amides is 2. The third-order valence-corrected chi connectivity index (χ3v) is 3.19. The van der Waals surface area contributed by atoms with E-state index >= 15 is 0 Å². The molecule has 1 N–H and O–H groups in total. The summed E-state index contributed by atoms with van der Waals surface area (Å²) >= 11 is 0. The highest BCUT2D eigenvalue weighted by atomic mass is 32.2. The van der Waals surface area contributed by atoms with Crippen LogP contribution in [0.25, 0.3) is 0 Å². The smallest absolute Gasteiger partial charge is 0.330 e. The Bertz CT molecular complexity index is 707. The van der Waals surface area contributed by atoms with Crippen LogP contribution in [0.1, 0.15) is 27.6 Å². The van der Waals surface area contributed by atoms with E-state index < -0.39 is 32.8 Å². The summed E-state index contributed by atoms with van der Waals surface area (Å²) in [4.78, 5) is 38.2. The van der Waals surface area contributed by atoms with Gasteiger partial charge in [-0.2, -0.15) is 8.42 Å². The first-order chi connectivity index (χ1) is 8.71. The lowest BCUT2D eigenvalue weighted by Crippen LogP contribution is -2.31. The van der Waals surface area contributed by atoms with Crippen LogP contribution in [-0.2, 0) is 19.8 Å². The zero-order valence-electron chi connectivity index (χ0n) is 9.48. The molecular weight excluding hydrogens is 278 g/mol. The lowest BCUT2D eigenvalue weighted by Gasteiger charge is -2.10. The van der Waals surface area contributed by atoms with Gasteiger partial charge < -0.3 is 4.84 Å². The van der Waals surface area contributed by atoms with E-state index in [0.29, 0.717) is 0 Å². The van der Waals surface area contributed by atoms with Gasteiger partial charge >= 0.3 is 5.97 Å². The zero-order valence-corrected chi connectivity index (χ0v) is 10.3. The maximum atomic E-state index is 11.8. The second kappa shape index (κ2) is 4.14. The van der Waals surface area contributed by atoms with Crippen molar-refractivity contribution in [1.82, 2.24) is 5.06 Å². The summed E-state index contributed by atoms with van der Waals surface area (Å²) in [6.07, 6.45) is 0. The normalized spacial score (nSPS) is 14.5. The average Bonchev–Trinajstić information content (AvgIpc) is 2.53. The second-order valence-corrected chi connectivity index (χ2v) is 5.09. The highest BCUT2D eigenvalue weighted by Crippen LogP contribution is 2.25. The summed E-state index contributed by atoms with van der Waals surface area (Å²) in [6, 6.07) is 2.87. The molecule has 0 aromatic heterocycles. The van der Waals surface area contributed by atoms with E-state index in [2.05, 4.69) is 4.84 Å². The minimum Gasteiger partial charge on any atom is -0.330 e. The van der Waals surface area contributed by atoms with Gasteiger partial charge in [0.05, 0.1) is 16.0 Å². The molecule has 9 heteroatoms. The molecule has 100 valence electrons. The molecule has 0 bridgehead atoms. The fourth-order valence-corrected chi connectivity index (χ4v) is 2.08. The Labute approximate surface area is 107 Å². The quantitative estimate of drug-likeness (QED) is 0.600. The maximum absolute atomic E-state index is 11.8. The van der Waals surface area contributed by atoms with Crippen LogP contribution in [0, 0.1) is 0 Å². The van der Waals surface area contributed by atoms with Crippen LogP contribution in [-0.4, -0.2) is 35.8 Å². The van der Waals surface area contributed by atoms with Crippen LogP contribution in [0.3, 0.4) is 0 Å². The molecule has 2 amide bonds. The third-order valence-electron chi connectivity index (χ3n) is 2.34. The number of hydroxylamine groups is 2. The summed E-state index contributed by atoms with van der Waals surface area (Å²) in [5.74, 6) is -2.72. The molecule has 0 fully saturated rings. The summed E-state index contributed by atoms with van der Waals surface area (Å²) in [6.45, 7) is 1.01. The van der Waals surface area contributed by atoms with Crippen LogP contribution in [0.2, 0.25) is 0 Å². The third kappa shape index (κ3) is 2.20. The van der Waals surface area contributed by atoms with E-state index in [1.54, 1.807) is 0 Å². The van der Waals surface area contributed by atoms with E-state index in [1.165, 1.54) is 0 Å². The van der Waals surface area contributed by atoms with Crippen LogP contribution in [0.4, 0.5) is 0 Å². The van der Waals surface area contributed by atoms with E-state index in [9.17, 15) is 22.8 Å². The van der Waals surface area contributed by atoms with Gasteiger partial charge in [-0.1, -0.05) is 5.06 Å². The average molecular weight is 285 g/mol. The van der Waals surface area contributed by atoms with Crippen molar-refractivity contribution in [3.63, 3.8) is 0 Å². The summed E-state index contributed by atoms with van der Waals surface area (Å²) in [5, 5.41) is 0.237. The van der Waals surface area contributed by atoms with Crippen LogP contribution in [0.5, 0.6) is 0 Å². The number of benzene rings is 1. The number of carbonyl (C=O) groups excluding carboxylic acids is 3. The lowest BCUT2D eigenvalue weighted by molar-refractivity contribution is -0.165. The maximum Gasteiger partial charge on any atom is 0.330 e. The van der Waals surface area contributed by atoms with Crippen molar-refractivity contribution in [2.75, 3.05) is 0 Å². The number of rotatable bonds is 2. The minimum atomic E-state index is -4.50. The molecule has 19 heavy (non-hydrogen) atoms. The Balaban J connectivity index is 2.51. The van der Waals surface area contributed by atoms with Crippen molar-refractivity contribution in [2.24, 2.45) is 0 Å². The number of hydrogen-bond acceptors (Lipinski definition) is 6. The first-order valence-electron chi connectivity index (χ1n) is 4.90. The summed E-state index contributed by atoms with van der Waals surface area (Å²) in [5.41, 5.74) is -0.375. The molecule has 1 aromatic carbocycles. The predicted molar refractivity (Wildman–Crippen MR) is 58.5 cm³/mol. The minimum absolute atomic E-state index is 0.112. The number of imide groups is 1. The summed E-state index contributed by atoms with van der Waals surface area (Å²) < 4.78 is 30.7. The van der Waals surface area contributed by atoms with Crippen molar-refractivity contribution >= 4 is 27.9 Å².